The molecule has 2 aromatic carbocycles. The largest absolute Gasteiger partial charge is 0.276 e. The predicted molar refractivity (Wildman–Crippen MR) is 92.0 cm³/mol. The second-order valence-electron chi connectivity index (χ2n) is 5.08. The number of hydrogen-bond acceptors (Lipinski definition) is 8. The van der Waals surface area contributed by atoms with E-state index >= 15 is 0 Å². The Morgan fingerprint density at radius 2 is 0.778 bits per heavy atom. The molecule has 2 rings (SSSR count). The van der Waals surface area contributed by atoms with E-state index in [2.05, 4.69) is 0 Å². The van der Waals surface area contributed by atoms with Gasteiger partial charge in [-0.3, -0.25) is 40.5 Å². The van der Waals surface area contributed by atoms with Gasteiger partial charge in [-0.05, 0) is 0 Å². The van der Waals surface area contributed by atoms with Crippen LogP contribution in [0, 0.1) is 40.5 Å². The number of halogens is 2. The van der Waals surface area contributed by atoms with Gasteiger partial charge in [0.15, 0.2) is 4.33 Å². The minimum Gasteiger partial charge on any atom is -0.258 e. The highest BCUT2D eigenvalue weighted by Crippen LogP contribution is 2.45. The topological polar surface area (TPSA) is 173 Å². The lowest BCUT2D eigenvalue weighted by Crippen LogP contribution is -2.14. The Morgan fingerprint density at radius 3 is 0.963 bits per heavy atom. The highest BCUT2D eigenvalue weighted by molar-refractivity contribution is 6.50. The number of non-ortho nitro benzene ring substituents is 4. The van der Waals surface area contributed by atoms with Gasteiger partial charge < -0.3 is 0 Å². The summed E-state index contributed by atoms with van der Waals surface area (Å²) >= 11 is 12.3. The highest BCUT2D eigenvalue weighted by atomic mass is 35.5. The molecule has 0 aliphatic carbocycles. The molecule has 0 amide bonds. The van der Waals surface area contributed by atoms with Crippen molar-refractivity contribution in [3.63, 3.8) is 0 Å². The molecule has 0 unspecified atom stereocenters. The Balaban J connectivity index is 2.75. The minimum atomic E-state index is -2.28. The smallest absolute Gasteiger partial charge is 0.258 e. The number of hydrogen-bond donors (Lipinski definition) is 0. The van der Waals surface area contributed by atoms with E-state index in [1.165, 1.54) is 0 Å². The Kier molecular flexibility index (Phi) is 5.23. The van der Waals surface area contributed by atoms with Crippen LogP contribution in [-0.2, 0) is 4.33 Å². The summed E-state index contributed by atoms with van der Waals surface area (Å²) < 4.78 is -2.28. The third kappa shape index (κ3) is 4.07. The average Bonchev–Trinajstić information content (AvgIpc) is 2.60. The fourth-order valence-electron chi connectivity index (χ4n) is 2.14. The van der Waals surface area contributed by atoms with Crippen molar-refractivity contribution in [1.82, 2.24) is 0 Å². The zero-order chi connectivity index (χ0) is 20.5. The molecule has 140 valence electrons. The summed E-state index contributed by atoms with van der Waals surface area (Å²) in [7, 11) is 0. The van der Waals surface area contributed by atoms with Crippen molar-refractivity contribution in [3.05, 3.63) is 88.0 Å². The van der Waals surface area contributed by atoms with Crippen LogP contribution in [0.3, 0.4) is 0 Å². The first-order valence-electron chi connectivity index (χ1n) is 6.70. The standard InChI is InChI=1S/C13H6Cl2N4O8/c14-13(15,7-1-9(16(20)21)5-10(2-7)17(22)23)8-3-11(18(24)25)6-12(4-8)19(26)27/h1-6H. The second kappa shape index (κ2) is 7.09. The van der Waals surface area contributed by atoms with E-state index in [0.717, 1.165) is 24.3 Å². The van der Waals surface area contributed by atoms with Crippen LogP contribution in [0.4, 0.5) is 22.7 Å². The van der Waals surface area contributed by atoms with E-state index < -0.39 is 46.8 Å². The van der Waals surface area contributed by atoms with Crippen molar-refractivity contribution in [2.24, 2.45) is 0 Å². The molecule has 0 aliphatic heterocycles. The van der Waals surface area contributed by atoms with E-state index in [1.807, 2.05) is 0 Å². The van der Waals surface area contributed by atoms with Crippen LogP contribution in [-0.4, -0.2) is 19.7 Å². The van der Waals surface area contributed by atoms with Gasteiger partial charge in [0, 0.05) is 35.4 Å². The molecule has 0 aromatic heterocycles. The van der Waals surface area contributed by atoms with Crippen molar-refractivity contribution in [3.8, 4) is 0 Å². The van der Waals surface area contributed by atoms with Crippen molar-refractivity contribution in [1.29, 1.82) is 0 Å². The molecule has 12 nitrogen and oxygen atoms in total. The van der Waals surface area contributed by atoms with E-state index in [0.29, 0.717) is 12.1 Å². The molecular weight excluding hydrogens is 411 g/mol. The molecule has 0 radical (unpaired) electrons. The number of rotatable bonds is 6. The van der Waals surface area contributed by atoms with E-state index in [4.69, 9.17) is 23.2 Å². The number of benzene rings is 2. The molecule has 0 saturated carbocycles. The van der Waals surface area contributed by atoms with Gasteiger partial charge in [-0.2, -0.15) is 0 Å². The molecule has 0 fully saturated rings. The van der Waals surface area contributed by atoms with Gasteiger partial charge in [-0.1, -0.05) is 23.2 Å². The van der Waals surface area contributed by atoms with Crippen molar-refractivity contribution >= 4 is 46.0 Å². The maximum absolute atomic E-state index is 11.0. The van der Waals surface area contributed by atoms with Crippen LogP contribution in [0.2, 0.25) is 0 Å². The van der Waals surface area contributed by atoms with Gasteiger partial charge in [0.05, 0.1) is 31.8 Å². The Morgan fingerprint density at radius 1 is 0.556 bits per heavy atom. The third-order valence-electron chi connectivity index (χ3n) is 3.37. The lowest BCUT2D eigenvalue weighted by atomic mass is 10.0. The number of alkyl halides is 2. The highest BCUT2D eigenvalue weighted by Gasteiger charge is 2.35. The van der Waals surface area contributed by atoms with Crippen molar-refractivity contribution < 1.29 is 19.7 Å². The molecule has 0 saturated heterocycles. The van der Waals surface area contributed by atoms with Gasteiger partial charge in [-0.15, -0.1) is 0 Å². The lowest BCUT2D eigenvalue weighted by Gasteiger charge is -2.20. The maximum Gasteiger partial charge on any atom is 0.276 e. The van der Waals surface area contributed by atoms with E-state index in [1.54, 1.807) is 0 Å². The van der Waals surface area contributed by atoms with Gasteiger partial charge in [0.25, 0.3) is 22.7 Å². The summed E-state index contributed by atoms with van der Waals surface area (Å²) in [6.45, 7) is 0. The summed E-state index contributed by atoms with van der Waals surface area (Å²) in [6.07, 6.45) is 0. The van der Waals surface area contributed by atoms with E-state index in [-0.39, 0.29) is 11.1 Å². The summed E-state index contributed by atoms with van der Waals surface area (Å²) in [4.78, 5) is 40.3. The Hall–Kier alpha value is -3.38. The minimum absolute atomic E-state index is 0.360. The summed E-state index contributed by atoms with van der Waals surface area (Å²) in [5.74, 6) is 0. The number of nitrogens with zero attached hydrogens (tertiary/aromatic N) is 4. The van der Waals surface area contributed by atoms with Gasteiger partial charge in [0.2, 0.25) is 0 Å². The monoisotopic (exact) mass is 416 g/mol. The number of nitro groups is 4. The summed E-state index contributed by atoms with van der Waals surface area (Å²) in [5, 5.41) is 44.0. The lowest BCUT2D eigenvalue weighted by molar-refractivity contribution is -0.394. The van der Waals surface area contributed by atoms with Gasteiger partial charge >= 0.3 is 0 Å². The zero-order valence-electron chi connectivity index (χ0n) is 12.8. The predicted octanol–water partition coefficient (Wildman–Crippen LogP) is 4.00. The molecular formula is C13H6Cl2N4O8. The zero-order valence-corrected chi connectivity index (χ0v) is 14.3. The van der Waals surface area contributed by atoms with Crippen LogP contribution in [0.15, 0.2) is 36.4 Å². The molecule has 0 spiro atoms. The van der Waals surface area contributed by atoms with Crippen LogP contribution in [0.25, 0.3) is 0 Å². The molecule has 27 heavy (non-hydrogen) atoms. The molecule has 14 heteroatoms. The Labute approximate surface area is 158 Å². The molecule has 0 N–H and O–H groups in total. The fourth-order valence-corrected chi connectivity index (χ4v) is 2.58. The SMILES string of the molecule is O=[N+]([O-])c1cc([N+](=O)[O-])cc(C(Cl)(Cl)c2cc([N+](=O)[O-])cc([N+](=O)[O-])c2)c1. The first kappa shape index (κ1) is 19.9. The van der Waals surface area contributed by atoms with E-state index in [9.17, 15) is 40.5 Å². The maximum atomic E-state index is 11.0. The molecule has 0 atom stereocenters. The third-order valence-corrected chi connectivity index (χ3v) is 4.25. The molecule has 2 aromatic rings. The fraction of sp³-hybridized carbons (Fsp3) is 0.0769. The first-order valence-corrected chi connectivity index (χ1v) is 7.45. The quantitative estimate of drug-likeness (QED) is 0.385. The molecule has 0 heterocycles. The van der Waals surface area contributed by atoms with Crippen LogP contribution in [0.1, 0.15) is 11.1 Å². The first-order chi connectivity index (χ1) is 12.4. The van der Waals surface area contributed by atoms with Gasteiger partial charge in [-0.25, -0.2) is 0 Å². The second-order valence-corrected chi connectivity index (χ2v) is 6.41. The van der Waals surface area contributed by atoms with Crippen LogP contribution >= 0.6 is 23.2 Å². The van der Waals surface area contributed by atoms with Crippen LogP contribution < -0.4 is 0 Å². The van der Waals surface area contributed by atoms with Crippen molar-refractivity contribution in [2.75, 3.05) is 0 Å². The summed E-state index contributed by atoms with van der Waals surface area (Å²) in [6, 6.07) is 4.66. The average molecular weight is 417 g/mol. The van der Waals surface area contributed by atoms with Crippen LogP contribution in [0.5, 0.6) is 0 Å². The summed E-state index contributed by atoms with van der Waals surface area (Å²) in [5.41, 5.74) is -3.53. The normalized spacial score (nSPS) is 11.0. The van der Waals surface area contributed by atoms with Crippen molar-refractivity contribution in [2.45, 2.75) is 4.33 Å². The Bertz CT molecular complexity index is 852. The molecule has 0 bridgehead atoms. The molecule has 0 aliphatic rings. The van der Waals surface area contributed by atoms with Gasteiger partial charge in [0.1, 0.15) is 0 Å². The number of nitro benzene ring substituents is 4.